The Bertz CT molecular complexity index is 540. The van der Waals surface area contributed by atoms with Gasteiger partial charge in [-0.15, -0.1) is 0 Å². The van der Waals surface area contributed by atoms with E-state index in [2.05, 4.69) is 32.3 Å². The average molecular weight is 333 g/mol. The van der Waals surface area contributed by atoms with Crippen LogP contribution in [0.5, 0.6) is 0 Å². The second-order valence-electron chi connectivity index (χ2n) is 6.33. The van der Waals surface area contributed by atoms with Crippen molar-refractivity contribution in [1.29, 1.82) is 0 Å². The van der Waals surface area contributed by atoms with Crippen LogP contribution in [0, 0.1) is 12.8 Å². The van der Waals surface area contributed by atoms with Crippen LogP contribution in [0.15, 0.2) is 24.3 Å². The van der Waals surface area contributed by atoms with Crippen LogP contribution >= 0.6 is 0 Å². The van der Waals surface area contributed by atoms with Gasteiger partial charge in [0, 0.05) is 6.54 Å². The molecule has 0 bridgehead atoms. The highest BCUT2D eigenvalue weighted by Crippen LogP contribution is 2.29. The number of hydrogen-bond donors (Lipinski definition) is 2. The minimum atomic E-state index is -0.822. The van der Waals surface area contributed by atoms with E-state index in [-0.39, 0.29) is 12.5 Å². The van der Waals surface area contributed by atoms with Gasteiger partial charge in [-0.2, -0.15) is 0 Å². The molecule has 0 aromatic heterocycles. The maximum atomic E-state index is 10.7. The van der Waals surface area contributed by atoms with E-state index in [9.17, 15) is 4.79 Å². The molecule has 2 unspecified atom stereocenters. The molecular weight excluding hydrogens is 302 g/mol. The number of aliphatic carboxylic acids is 1. The molecule has 0 fully saturated rings. The van der Waals surface area contributed by atoms with Crippen molar-refractivity contribution in [3.63, 3.8) is 0 Å². The maximum absolute atomic E-state index is 10.7. The van der Waals surface area contributed by atoms with Gasteiger partial charge in [0.25, 0.3) is 0 Å². The molecule has 4 heteroatoms. The number of carboxylic acids is 1. The second-order valence-corrected chi connectivity index (χ2v) is 6.33. The molecule has 1 aromatic carbocycles. The number of nitrogens with one attached hydrogen (secondary N) is 1. The Morgan fingerprint density at radius 2 is 2.08 bits per heavy atom. The summed E-state index contributed by atoms with van der Waals surface area (Å²) in [5, 5.41) is 8.82. The first-order chi connectivity index (χ1) is 11.5. The SMILES string of the molecule is CCNOC(CCC(C)CC)c1cc(C)ccc1/C=C/CC(=O)O. The first-order valence-corrected chi connectivity index (χ1v) is 8.85. The molecule has 4 nitrogen and oxygen atoms in total. The molecule has 2 atom stereocenters. The first-order valence-electron chi connectivity index (χ1n) is 8.85. The Morgan fingerprint density at radius 3 is 2.71 bits per heavy atom. The summed E-state index contributed by atoms with van der Waals surface area (Å²) in [6, 6.07) is 6.22. The van der Waals surface area contributed by atoms with E-state index < -0.39 is 5.97 Å². The largest absolute Gasteiger partial charge is 0.481 e. The summed E-state index contributed by atoms with van der Waals surface area (Å²) in [5.41, 5.74) is 6.30. The van der Waals surface area contributed by atoms with E-state index in [1.807, 2.05) is 25.1 Å². The summed E-state index contributed by atoms with van der Waals surface area (Å²) < 4.78 is 0. The molecule has 0 amide bonds. The lowest BCUT2D eigenvalue weighted by atomic mass is 9.93. The fourth-order valence-corrected chi connectivity index (χ4v) is 2.51. The molecule has 24 heavy (non-hydrogen) atoms. The summed E-state index contributed by atoms with van der Waals surface area (Å²) >= 11 is 0. The summed E-state index contributed by atoms with van der Waals surface area (Å²) in [6.07, 6.45) is 6.75. The van der Waals surface area contributed by atoms with Crippen LogP contribution in [0.1, 0.15) is 69.2 Å². The van der Waals surface area contributed by atoms with Gasteiger partial charge < -0.3 is 5.11 Å². The van der Waals surface area contributed by atoms with E-state index in [0.717, 1.165) is 36.9 Å². The number of hydroxylamine groups is 1. The van der Waals surface area contributed by atoms with Gasteiger partial charge >= 0.3 is 5.97 Å². The van der Waals surface area contributed by atoms with E-state index in [1.54, 1.807) is 6.08 Å². The fourth-order valence-electron chi connectivity index (χ4n) is 2.51. The fraction of sp³-hybridized carbons (Fsp3) is 0.550. The third-order valence-corrected chi connectivity index (χ3v) is 4.17. The van der Waals surface area contributed by atoms with Crippen LogP contribution in [-0.2, 0) is 9.63 Å². The maximum Gasteiger partial charge on any atom is 0.307 e. The number of aryl methyl sites for hydroxylation is 1. The molecule has 2 N–H and O–H groups in total. The van der Waals surface area contributed by atoms with Crippen molar-refractivity contribution in [3.8, 4) is 0 Å². The molecule has 1 rings (SSSR count). The van der Waals surface area contributed by atoms with E-state index in [1.165, 1.54) is 5.56 Å². The van der Waals surface area contributed by atoms with Gasteiger partial charge in [-0.1, -0.05) is 63.1 Å². The lowest BCUT2D eigenvalue weighted by Crippen LogP contribution is -2.19. The third-order valence-electron chi connectivity index (χ3n) is 4.17. The van der Waals surface area contributed by atoms with Gasteiger partial charge in [0.15, 0.2) is 0 Å². The van der Waals surface area contributed by atoms with Crippen LogP contribution in [0.3, 0.4) is 0 Å². The number of benzene rings is 1. The number of carbonyl (C=O) groups is 1. The van der Waals surface area contributed by atoms with Gasteiger partial charge in [-0.25, -0.2) is 5.48 Å². The molecule has 1 aromatic rings. The Morgan fingerprint density at radius 1 is 1.33 bits per heavy atom. The quantitative estimate of drug-likeness (QED) is 0.566. The number of carboxylic acid groups (broad SMARTS) is 1. The zero-order valence-electron chi connectivity index (χ0n) is 15.3. The number of hydrogen-bond acceptors (Lipinski definition) is 3. The highest BCUT2D eigenvalue weighted by molar-refractivity contribution is 5.70. The lowest BCUT2D eigenvalue weighted by molar-refractivity contribution is -0.135. The topological polar surface area (TPSA) is 58.6 Å². The zero-order valence-corrected chi connectivity index (χ0v) is 15.3. The highest BCUT2D eigenvalue weighted by Gasteiger charge is 2.17. The van der Waals surface area contributed by atoms with Crippen molar-refractivity contribution >= 4 is 12.0 Å². The lowest BCUT2D eigenvalue weighted by Gasteiger charge is -2.22. The van der Waals surface area contributed by atoms with E-state index >= 15 is 0 Å². The summed E-state index contributed by atoms with van der Waals surface area (Å²) in [7, 11) is 0. The molecule has 0 aliphatic carbocycles. The summed E-state index contributed by atoms with van der Waals surface area (Å²) in [6.45, 7) is 9.28. The minimum absolute atomic E-state index is 0.0267. The van der Waals surface area contributed by atoms with Crippen molar-refractivity contribution in [1.82, 2.24) is 5.48 Å². The Hall–Kier alpha value is -1.65. The van der Waals surface area contributed by atoms with Gasteiger partial charge in [-0.3, -0.25) is 9.63 Å². The van der Waals surface area contributed by atoms with Crippen LogP contribution in [0.2, 0.25) is 0 Å². The van der Waals surface area contributed by atoms with E-state index in [0.29, 0.717) is 5.92 Å². The Kier molecular flexibility index (Phi) is 9.35. The summed E-state index contributed by atoms with van der Waals surface area (Å²) in [5.74, 6) is -0.161. The van der Waals surface area contributed by atoms with Crippen molar-refractivity contribution in [2.24, 2.45) is 5.92 Å². The minimum Gasteiger partial charge on any atom is -0.481 e. The molecule has 0 aliphatic heterocycles. The van der Waals surface area contributed by atoms with Crippen molar-refractivity contribution < 1.29 is 14.7 Å². The second kappa shape index (κ2) is 11.0. The summed E-state index contributed by atoms with van der Waals surface area (Å²) in [4.78, 5) is 16.6. The molecule has 0 spiro atoms. The third kappa shape index (κ3) is 7.28. The molecule has 0 saturated heterocycles. The van der Waals surface area contributed by atoms with Crippen molar-refractivity contribution in [3.05, 3.63) is 41.0 Å². The standard InChI is InChI=1S/C20H31NO3/c1-5-15(3)11-13-19(24-21-6-2)18-14-16(4)10-12-17(18)8-7-9-20(22)23/h7-8,10,12,14-15,19,21H,5-6,9,11,13H2,1-4H3,(H,22,23)/b8-7+. The van der Waals surface area contributed by atoms with Gasteiger partial charge in [0.05, 0.1) is 6.42 Å². The molecular formula is C20H31NO3. The van der Waals surface area contributed by atoms with Crippen LogP contribution in [0.4, 0.5) is 0 Å². The Labute approximate surface area is 145 Å². The molecule has 0 aliphatic rings. The zero-order chi connectivity index (χ0) is 17.9. The van der Waals surface area contributed by atoms with E-state index in [4.69, 9.17) is 9.94 Å². The van der Waals surface area contributed by atoms with Gasteiger partial charge in [0.1, 0.15) is 6.10 Å². The monoisotopic (exact) mass is 333 g/mol. The van der Waals surface area contributed by atoms with Gasteiger partial charge in [-0.05, 0) is 36.8 Å². The molecule has 0 saturated carbocycles. The Balaban J connectivity index is 3.02. The molecule has 0 radical (unpaired) electrons. The smallest absolute Gasteiger partial charge is 0.307 e. The predicted molar refractivity (Wildman–Crippen MR) is 98.7 cm³/mol. The van der Waals surface area contributed by atoms with Crippen molar-refractivity contribution in [2.75, 3.05) is 6.54 Å². The van der Waals surface area contributed by atoms with Crippen LogP contribution in [0.25, 0.3) is 6.08 Å². The molecule has 134 valence electrons. The first kappa shape index (κ1) is 20.4. The highest BCUT2D eigenvalue weighted by atomic mass is 16.7. The number of rotatable bonds is 11. The van der Waals surface area contributed by atoms with Crippen molar-refractivity contribution in [2.45, 2.75) is 59.5 Å². The molecule has 0 heterocycles. The van der Waals surface area contributed by atoms with Crippen LogP contribution in [-0.4, -0.2) is 17.6 Å². The van der Waals surface area contributed by atoms with Crippen LogP contribution < -0.4 is 5.48 Å². The normalized spacial score (nSPS) is 14.0. The van der Waals surface area contributed by atoms with Gasteiger partial charge in [0.2, 0.25) is 0 Å². The predicted octanol–water partition coefficient (Wildman–Crippen LogP) is 4.89. The average Bonchev–Trinajstić information content (AvgIpc) is 2.55.